The summed E-state index contributed by atoms with van der Waals surface area (Å²) in [4.78, 5) is 117. The van der Waals surface area contributed by atoms with Crippen molar-refractivity contribution in [2.75, 3.05) is 33.3 Å². The van der Waals surface area contributed by atoms with Crippen LogP contribution >= 0.6 is 0 Å². The molecule has 27 heteroatoms. The van der Waals surface area contributed by atoms with Gasteiger partial charge in [0.25, 0.3) is 0 Å². The summed E-state index contributed by atoms with van der Waals surface area (Å²) >= 11 is 0. The van der Waals surface area contributed by atoms with E-state index in [-0.39, 0.29) is 45.2 Å². The molecule has 0 radical (unpaired) electrons. The van der Waals surface area contributed by atoms with Crippen LogP contribution in [0.5, 0.6) is 0 Å². The number of unbranched alkanes of at least 4 members (excludes halogenated alkanes) is 2. The van der Waals surface area contributed by atoms with E-state index in [1.165, 1.54) is 13.8 Å². The molecule has 0 aromatic rings. The molecule has 0 spiro atoms. The minimum absolute atomic E-state index is 0.0378. The van der Waals surface area contributed by atoms with Gasteiger partial charge in [0.2, 0.25) is 47.3 Å². The quantitative estimate of drug-likeness (QED) is 0.0207. The highest BCUT2D eigenvalue weighted by atomic mass is 16.4. The normalized spacial score (nSPS) is 15.9. The molecule has 0 aliphatic heterocycles. The van der Waals surface area contributed by atoms with Crippen molar-refractivity contribution in [1.82, 2.24) is 47.9 Å². The largest absolute Gasteiger partial charge is 0.480 e. The third-order valence-corrected chi connectivity index (χ3v) is 9.81. The minimum Gasteiger partial charge on any atom is -0.480 e. The Kier molecular flexibility index (Phi) is 29.9. The molecular weight excluding hydrogens is 861 g/mol. The highest BCUT2D eigenvalue weighted by Crippen LogP contribution is 2.08. The first-order valence-electron chi connectivity index (χ1n) is 21.5. The van der Waals surface area contributed by atoms with E-state index in [4.69, 9.17) is 28.7 Å². The number of hydrogen-bond donors (Lipinski definition) is 18. The molecule has 0 fully saturated rings. The molecule has 0 heterocycles. The highest BCUT2D eigenvalue weighted by molar-refractivity contribution is 5.97. The fourth-order valence-electron chi connectivity index (χ4n) is 5.89. The first-order valence-corrected chi connectivity index (χ1v) is 21.5. The number of carbonyl (C=O) groups excluding carboxylic acids is 8. The monoisotopic (exact) mass is 935 g/mol. The summed E-state index contributed by atoms with van der Waals surface area (Å²) in [6.07, 6.45) is -2.56. The number of rotatable bonds is 35. The van der Waals surface area contributed by atoms with E-state index < -0.39 is 133 Å². The lowest BCUT2D eigenvalue weighted by molar-refractivity contribution is -0.143. The zero-order valence-electron chi connectivity index (χ0n) is 37.6. The van der Waals surface area contributed by atoms with Crippen LogP contribution in [0.2, 0.25) is 0 Å². The van der Waals surface area contributed by atoms with Gasteiger partial charge in [0.1, 0.15) is 54.6 Å². The van der Waals surface area contributed by atoms with Crippen molar-refractivity contribution in [1.29, 1.82) is 0 Å². The number of carbonyl (C=O) groups is 9. The Bertz CT molecular complexity index is 1540. The SMILES string of the molecule is CNCCCC[C@H](NC(=O)[C@H](CCCNC(N)N)NC(=O)[C@H](C)NC(=O)[C@@H](NC(=O)[C@H](CCC(N)=O)NC(=O)[C@H](CCCCN)NC(=O)[C@@H](N)[C@@H](C)O)[C@@H](C)O)C(=O)N[C@@H](CO)C(=O)O. The average molecular weight is 935 g/mol. The molecule has 0 saturated heterocycles. The zero-order chi connectivity index (χ0) is 49.8. The summed E-state index contributed by atoms with van der Waals surface area (Å²) in [7, 11) is 1.72. The fourth-order valence-corrected chi connectivity index (χ4v) is 5.89. The summed E-state index contributed by atoms with van der Waals surface area (Å²) < 4.78 is 0. The molecule has 65 heavy (non-hydrogen) atoms. The van der Waals surface area contributed by atoms with Gasteiger partial charge in [-0.15, -0.1) is 0 Å². The van der Waals surface area contributed by atoms with Gasteiger partial charge >= 0.3 is 5.97 Å². The van der Waals surface area contributed by atoms with Gasteiger partial charge in [0, 0.05) is 6.42 Å². The van der Waals surface area contributed by atoms with E-state index in [1.807, 2.05) is 0 Å². The fraction of sp³-hybridized carbons (Fsp3) is 0.763. The number of nitrogens with two attached hydrogens (primary N) is 5. The molecule has 8 amide bonds. The lowest BCUT2D eigenvalue weighted by Crippen LogP contribution is -2.61. The number of amides is 8. The summed E-state index contributed by atoms with van der Waals surface area (Å²) in [6.45, 7) is 3.75. The molecule has 0 aromatic carbocycles. The number of aliphatic hydroxyl groups excluding tert-OH is 3. The molecule has 27 nitrogen and oxygen atoms in total. The molecule has 0 rings (SSSR count). The van der Waals surface area contributed by atoms with Crippen molar-refractivity contribution in [2.45, 2.75) is 152 Å². The summed E-state index contributed by atoms with van der Waals surface area (Å²) in [6, 6.07) is -11.7. The van der Waals surface area contributed by atoms with Crippen LogP contribution in [-0.2, 0) is 43.2 Å². The molecule has 0 unspecified atom stereocenters. The Hall–Kier alpha value is -5.13. The third-order valence-electron chi connectivity index (χ3n) is 9.81. The number of aliphatic carboxylic acids is 1. The maximum atomic E-state index is 13.7. The Morgan fingerprint density at radius 2 is 1.00 bits per heavy atom. The van der Waals surface area contributed by atoms with Crippen LogP contribution in [0.1, 0.15) is 85.0 Å². The van der Waals surface area contributed by atoms with Gasteiger partial charge in [-0.1, -0.05) is 0 Å². The minimum atomic E-state index is -1.77. The van der Waals surface area contributed by atoms with E-state index in [0.717, 1.165) is 6.92 Å². The zero-order valence-corrected chi connectivity index (χ0v) is 37.6. The first kappa shape index (κ1) is 59.9. The van der Waals surface area contributed by atoms with Crippen LogP contribution in [0.3, 0.4) is 0 Å². The van der Waals surface area contributed by atoms with Crippen LogP contribution in [0, 0.1) is 0 Å². The molecule has 0 bridgehead atoms. The van der Waals surface area contributed by atoms with Crippen molar-refractivity contribution < 1.29 is 63.6 Å². The van der Waals surface area contributed by atoms with Crippen LogP contribution in [0.25, 0.3) is 0 Å². The molecular formula is C38H74N14O13. The van der Waals surface area contributed by atoms with Crippen LogP contribution in [0.15, 0.2) is 0 Å². The number of aliphatic hydroxyl groups is 3. The van der Waals surface area contributed by atoms with Crippen LogP contribution in [-0.4, -0.2) is 174 Å². The number of carboxylic acid groups (broad SMARTS) is 1. The topological polar surface area (TPSA) is 473 Å². The molecule has 0 aliphatic rings. The maximum absolute atomic E-state index is 13.7. The van der Waals surface area contributed by atoms with Crippen molar-refractivity contribution in [3.05, 3.63) is 0 Å². The third kappa shape index (κ3) is 24.7. The van der Waals surface area contributed by atoms with Gasteiger partial charge in [0.15, 0.2) is 0 Å². The standard InChI is InChI=1S/C38H74N14O13/c1-19(30(57)47-24(12-9-17-45-38(42)43)32(59)48-22(11-6-8-16-44-4)33(60)51-26(18-53)37(64)65)46-36(63)29(21(3)55)52-34(61)25(13-14-27(40)56)49-31(58)23(10-5-7-15-39)50-35(62)28(41)20(2)54/h19-26,28-29,38,44-45,53-55H,5-18,39,41-43H2,1-4H3,(H2,40,56)(H,46,63)(H,47,57)(H,48,59)(H,49,58)(H,50,62)(H,51,60)(H,52,61)(H,64,65)/t19-,20+,21+,22-,23-,24-,25-,26-,28-,29-/m0/s1. The Morgan fingerprint density at radius 1 is 0.538 bits per heavy atom. The van der Waals surface area contributed by atoms with E-state index in [1.54, 1.807) is 7.05 Å². The molecule has 23 N–H and O–H groups in total. The lowest BCUT2D eigenvalue weighted by Gasteiger charge is -2.28. The van der Waals surface area contributed by atoms with E-state index in [2.05, 4.69) is 47.9 Å². The van der Waals surface area contributed by atoms with E-state index >= 15 is 0 Å². The summed E-state index contributed by atoms with van der Waals surface area (Å²) in [5.74, 6) is -8.96. The Balaban J connectivity index is 6.30. The molecule has 0 saturated carbocycles. The lowest BCUT2D eigenvalue weighted by atomic mass is 10.0. The average Bonchev–Trinajstić information content (AvgIpc) is 3.23. The van der Waals surface area contributed by atoms with E-state index in [0.29, 0.717) is 32.2 Å². The number of nitrogens with one attached hydrogen (secondary N) is 9. The van der Waals surface area contributed by atoms with Crippen LogP contribution in [0.4, 0.5) is 0 Å². The number of hydrogen-bond acceptors (Lipinski definition) is 18. The van der Waals surface area contributed by atoms with Gasteiger partial charge in [-0.3, -0.25) is 43.7 Å². The van der Waals surface area contributed by atoms with Gasteiger partial charge in [0.05, 0.1) is 18.8 Å². The summed E-state index contributed by atoms with van der Waals surface area (Å²) in [5.41, 5.74) is 27.7. The predicted octanol–water partition coefficient (Wildman–Crippen LogP) is -8.08. The van der Waals surface area contributed by atoms with Gasteiger partial charge in [-0.05, 0) is 105 Å². The molecule has 0 aliphatic carbocycles. The number of primary amides is 1. The Morgan fingerprint density at radius 3 is 1.45 bits per heavy atom. The van der Waals surface area contributed by atoms with Gasteiger partial charge in [-0.2, -0.15) is 0 Å². The van der Waals surface area contributed by atoms with Crippen molar-refractivity contribution in [2.24, 2.45) is 28.7 Å². The predicted molar refractivity (Wildman–Crippen MR) is 234 cm³/mol. The number of carboxylic acids is 1. The van der Waals surface area contributed by atoms with Crippen molar-refractivity contribution >= 4 is 53.2 Å². The maximum Gasteiger partial charge on any atom is 0.328 e. The second-order valence-corrected chi connectivity index (χ2v) is 15.6. The second-order valence-electron chi connectivity index (χ2n) is 15.6. The smallest absolute Gasteiger partial charge is 0.328 e. The molecule has 374 valence electrons. The van der Waals surface area contributed by atoms with Crippen molar-refractivity contribution in [3.8, 4) is 0 Å². The Labute approximate surface area is 378 Å². The second kappa shape index (κ2) is 32.5. The van der Waals surface area contributed by atoms with E-state index in [9.17, 15) is 63.6 Å². The van der Waals surface area contributed by atoms with Gasteiger partial charge in [-0.25, -0.2) is 4.79 Å². The van der Waals surface area contributed by atoms with Crippen LogP contribution < -0.4 is 76.5 Å². The molecule has 10 atom stereocenters. The highest BCUT2D eigenvalue weighted by Gasteiger charge is 2.35. The summed E-state index contributed by atoms with van der Waals surface area (Å²) in [5, 5.41) is 61.5. The molecule has 0 aromatic heterocycles. The van der Waals surface area contributed by atoms with Crippen molar-refractivity contribution in [3.63, 3.8) is 0 Å². The van der Waals surface area contributed by atoms with Gasteiger partial charge < -0.3 is 91.6 Å². The first-order chi connectivity index (χ1) is 30.5.